The molecule has 1 aliphatic rings. The minimum Gasteiger partial charge on any atom is -0.280 e. The molecule has 0 aliphatic carbocycles. The number of halogens is 3. The largest absolute Gasteiger partial charge is 0.280 e. The quantitative estimate of drug-likeness (QED) is 0.470. The van der Waals surface area contributed by atoms with Crippen molar-refractivity contribution in [1.82, 2.24) is 9.80 Å². The summed E-state index contributed by atoms with van der Waals surface area (Å²) in [6.45, 7) is 5.34. The van der Waals surface area contributed by atoms with Crippen LogP contribution >= 0.6 is 11.6 Å². The van der Waals surface area contributed by atoms with E-state index in [1.807, 2.05) is 12.1 Å². The molecule has 30 heavy (non-hydrogen) atoms. The van der Waals surface area contributed by atoms with Gasteiger partial charge in [0.25, 0.3) is 0 Å². The van der Waals surface area contributed by atoms with Crippen LogP contribution in [0.25, 0.3) is 0 Å². The number of benzene rings is 3. The molecule has 2 nitrogen and oxygen atoms in total. The molecule has 4 rings (SSSR count). The molecule has 3 aromatic carbocycles. The van der Waals surface area contributed by atoms with Crippen LogP contribution in [0.2, 0.25) is 5.02 Å². The second-order valence-corrected chi connectivity index (χ2v) is 8.35. The van der Waals surface area contributed by atoms with E-state index in [1.165, 1.54) is 35.4 Å². The lowest BCUT2D eigenvalue weighted by Gasteiger charge is -2.44. The van der Waals surface area contributed by atoms with Gasteiger partial charge in [-0.05, 0) is 48.7 Å². The van der Waals surface area contributed by atoms with Crippen molar-refractivity contribution in [2.75, 3.05) is 13.1 Å². The summed E-state index contributed by atoms with van der Waals surface area (Å²) in [6.07, 6.45) is 0.931. The Balaban J connectivity index is 1.66. The predicted molar refractivity (Wildman–Crippen MR) is 117 cm³/mol. The molecule has 156 valence electrons. The van der Waals surface area contributed by atoms with E-state index in [1.54, 1.807) is 6.07 Å². The van der Waals surface area contributed by atoms with Gasteiger partial charge in [0.05, 0.1) is 6.17 Å². The monoisotopic (exact) mass is 426 g/mol. The fraction of sp³-hybridized carbons (Fsp3) is 0.280. The summed E-state index contributed by atoms with van der Waals surface area (Å²) in [7, 11) is 0. The van der Waals surface area contributed by atoms with E-state index in [2.05, 4.69) is 41.0 Å². The highest BCUT2D eigenvalue weighted by Gasteiger charge is 2.32. The Morgan fingerprint density at radius 3 is 1.90 bits per heavy atom. The molecule has 0 radical (unpaired) electrons. The fourth-order valence-electron chi connectivity index (χ4n) is 4.14. The Kier molecular flexibility index (Phi) is 6.47. The van der Waals surface area contributed by atoms with Crippen molar-refractivity contribution in [3.8, 4) is 0 Å². The van der Waals surface area contributed by atoms with E-state index in [9.17, 15) is 8.78 Å². The molecule has 0 aromatic heterocycles. The smallest absolute Gasteiger partial charge is 0.124 e. The third-order valence-electron chi connectivity index (χ3n) is 5.63. The van der Waals surface area contributed by atoms with Crippen molar-refractivity contribution < 1.29 is 8.78 Å². The molecule has 5 heteroatoms. The van der Waals surface area contributed by atoms with E-state index in [0.717, 1.165) is 37.2 Å². The molecule has 1 fully saturated rings. The van der Waals surface area contributed by atoms with Crippen LogP contribution in [-0.2, 0) is 13.1 Å². The molecule has 1 saturated heterocycles. The summed E-state index contributed by atoms with van der Waals surface area (Å²) in [4.78, 5) is 4.72. The van der Waals surface area contributed by atoms with Gasteiger partial charge < -0.3 is 0 Å². The summed E-state index contributed by atoms with van der Waals surface area (Å²) in [6, 6.07) is 19.8. The van der Waals surface area contributed by atoms with Crippen molar-refractivity contribution in [2.24, 2.45) is 0 Å². The van der Waals surface area contributed by atoms with Crippen molar-refractivity contribution >= 4 is 11.6 Å². The van der Waals surface area contributed by atoms with E-state index in [4.69, 9.17) is 11.6 Å². The lowest BCUT2D eigenvalue weighted by atomic mass is 10.0. The highest BCUT2D eigenvalue weighted by molar-refractivity contribution is 6.31. The van der Waals surface area contributed by atoms with Gasteiger partial charge in [-0.25, -0.2) is 8.78 Å². The average molecular weight is 427 g/mol. The maximum atomic E-state index is 13.7. The van der Waals surface area contributed by atoms with Gasteiger partial charge in [-0.3, -0.25) is 9.80 Å². The molecule has 3 aromatic rings. The van der Waals surface area contributed by atoms with Gasteiger partial charge in [0.1, 0.15) is 11.6 Å². The third kappa shape index (κ3) is 4.89. The Labute approximate surface area is 181 Å². The second kappa shape index (κ2) is 9.25. The first-order valence-corrected chi connectivity index (χ1v) is 10.6. The lowest BCUT2D eigenvalue weighted by Crippen LogP contribution is -2.47. The average Bonchev–Trinajstić information content (AvgIpc) is 2.72. The molecule has 0 saturated carbocycles. The van der Waals surface area contributed by atoms with Crippen molar-refractivity contribution in [2.45, 2.75) is 32.6 Å². The Morgan fingerprint density at radius 1 is 0.800 bits per heavy atom. The lowest BCUT2D eigenvalue weighted by molar-refractivity contribution is -0.00907. The van der Waals surface area contributed by atoms with Crippen LogP contribution in [0.4, 0.5) is 8.78 Å². The van der Waals surface area contributed by atoms with Crippen LogP contribution in [0.1, 0.15) is 34.8 Å². The molecule has 0 bridgehead atoms. The molecule has 1 atom stereocenters. The predicted octanol–water partition coefficient (Wildman–Crippen LogP) is 6.33. The molecule has 1 heterocycles. The second-order valence-electron chi connectivity index (χ2n) is 7.95. The Hall–Kier alpha value is -2.27. The highest BCUT2D eigenvalue weighted by Crippen LogP contribution is 2.36. The Bertz CT molecular complexity index is 934. The minimum atomic E-state index is -0.338. The zero-order valence-corrected chi connectivity index (χ0v) is 17.7. The first-order valence-electron chi connectivity index (χ1n) is 10.2. The van der Waals surface area contributed by atoms with Crippen LogP contribution < -0.4 is 0 Å². The molecule has 1 aliphatic heterocycles. The first kappa shape index (κ1) is 21.0. The topological polar surface area (TPSA) is 6.48 Å². The van der Waals surface area contributed by atoms with Crippen LogP contribution in [-0.4, -0.2) is 22.9 Å². The summed E-state index contributed by atoms with van der Waals surface area (Å²) < 4.78 is 27.1. The zero-order chi connectivity index (χ0) is 21.1. The van der Waals surface area contributed by atoms with E-state index >= 15 is 0 Å². The van der Waals surface area contributed by atoms with E-state index in [0.29, 0.717) is 11.6 Å². The standard InChI is InChI=1S/C25H25ClF2N2/c1-18-3-5-19(6-4-18)16-29-13-2-14-30(17-20-7-9-21(27)10-8-20)25(29)23-12-11-22(28)15-24(23)26/h3-12,15,25H,2,13-14,16-17H2,1H3/t25-/m1/s1. The van der Waals surface area contributed by atoms with E-state index < -0.39 is 0 Å². The third-order valence-corrected chi connectivity index (χ3v) is 5.96. The van der Waals surface area contributed by atoms with Crippen LogP contribution in [0.15, 0.2) is 66.7 Å². The van der Waals surface area contributed by atoms with Crippen LogP contribution in [0.3, 0.4) is 0 Å². The zero-order valence-electron chi connectivity index (χ0n) is 17.0. The Morgan fingerprint density at radius 2 is 1.33 bits per heavy atom. The van der Waals surface area contributed by atoms with E-state index in [-0.39, 0.29) is 17.8 Å². The SMILES string of the molecule is Cc1ccc(CN2CCCN(Cc3ccc(F)cc3)[C@@H]2c2ccc(F)cc2Cl)cc1. The molecule has 0 unspecified atom stereocenters. The fourth-order valence-corrected chi connectivity index (χ4v) is 4.40. The summed E-state index contributed by atoms with van der Waals surface area (Å²) in [5.41, 5.74) is 4.39. The number of rotatable bonds is 5. The number of hydrogen-bond donors (Lipinski definition) is 0. The number of aryl methyl sites for hydroxylation is 1. The van der Waals surface area contributed by atoms with Crippen LogP contribution in [0, 0.1) is 18.6 Å². The van der Waals surface area contributed by atoms with Gasteiger partial charge in [0, 0.05) is 36.8 Å². The summed E-state index contributed by atoms with van der Waals surface area (Å²) >= 11 is 6.50. The van der Waals surface area contributed by atoms with Gasteiger partial charge in [0.2, 0.25) is 0 Å². The van der Waals surface area contributed by atoms with Gasteiger partial charge in [-0.1, -0.05) is 59.6 Å². The van der Waals surface area contributed by atoms with Gasteiger partial charge in [-0.15, -0.1) is 0 Å². The number of hydrogen-bond acceptors (Lipinski definition) is 2. The maximum absolute atomic E-state index is 13.7. The normalized spacial score (nSPS) is 17.9. The number of nitrogens with zero attached hydrogens (tertiary/aromatic N) is 2. The maximum Gasteiger partial charge on any atom is 0.124 e. The summed E-state index contributed by atoms with van der Waals surface area (Å²) in [5.74, 6) is -0.578. The van der Waals surface area contributed by atoms with Gasteiger partial charge in [-0.2, -0.15) is 0 Å². The van der Waals surface area contributed by atoms with Crippen molar-refractivity contribution in [3.63, 3.8) is 0 Å². The molecule has 0 amide bonds. The van der Waals surface area contributed by atoms with Crippen LogP contribution in [0.5, 0.6) is 0 Å². The van der Waals surface area contributed by atoms with Crippen molar-refractivity contribution in [3.05, 3.63) is 106 Å². The molecule has 0 spiro atoms. The minimum absolute atomic E-state index is 0.0850. The van der Waals surface area contributed by atoms with Gasteiger partial charge >= 0.3 is 0 Å². The van der Waals surface area contributed by atoms with Gasteiger partial charge in [0.15, 0.2) is 0 Å². The van der Waals surface area contributed by atoms with Crippen molar-refractivity contribution in [1.29, 1.82) is 0 Å². The molecular weight excluding hydrogens is 402 g/mol. The first-order chi connectivity index (χ1) is 14.5. The molecular formula is C25H25ClF2N2. The molecule has 0 N–H and O–H groups in total. The summed E-state index contributed by atoms with van der Waals surface area (Å²) in [5, 5.41) is 0.430. The highest BCUT2D eigenvalue weighted by atomic mass is 35.5.